The number of piperidine rings is 1. The van der Waals surface area contributed by atoms with Gasteiger partial charge in [0.2, 0.25) is 5.91 Å². The first-order valence-electron chi connectivity index (χ1n) is 5.87. The van der Waals surface area contributed by atoms with E-state index in [1.807, 2.05) is 20.9 Å². The zero-order chi connectivity index (χ0) is 11.3. The van der Waals surface area contributed by atoms with E-state index in [0.29, 0.717) is 6.04 Å². The largest absolute Gasteiger partial charge is 0.345 e. The Morgan fingerprint density at radius 1 is 1.53 bits per heavy atom. The van der Waals surface area contributed by atoms with Gasteiger partial charge in [-0.25, -0.2) is 0 Å². The third-order valence-corrected chi connectivity index (χ3v) is 3.05. The van der Waals surface area contributed by atoms with Crippen LogP contribution in [0.4, 0.5) is 0 Å². The van der Waals surface area contributed by atoms with Crippen LogP contribution >= 0.6 is 0 Å². The van der Waals surface area contributed by atoms with Crippen LogP contribution < -0.4 is 10.6 Å². The Balaban J connectivity index is 2.33. The number of hydrogen-bond acceptors (Lipinski definition) is 3. The van der Waals surface area contributed by atoms with Gasteiger partial charge in [-0.15, -0.1) is 0 Å². The standard InChI is InChI=1S/C11H23N3O/c1-4-14(3)11(15)9(2)13-10-5-7-12-8-6-10/h9-10,12-13H,4-8H2,1-3H3. The number of carbonyl (C=O) groups is 1. The second-order valence-corrected chi connectivity index (χ2v) is 4.27. The van der Waals surface area contributed by atoms with Gasteiger partial charge in [0, 0.05) is 19.6 Å². The molecule has 0 radical (unpaired) electrons. The van der Waals surface area contributed by atoms with Crippen molar-refractivity contribution in [1.82, 2.24) is 15.5 Å². The highest BCUT2D eigenvalue weighted by Crippen LogP contribution is 2.04. The Bertz CT molecular complexity index is 202. The van der Waals surface area contributed by atoms with Gasteiger partial charge in [0.25, 0.3) is 0 Å². The maximum Gasteiger partial charge on any atom is 0.239 e. The maximum atomic E-state index is 11.8. The van der Waals surface area contributed by atoms with Crippen LogP contribution in [0.2, 0.25) is 0 Å². The molecule has 1 aliphatic heterocycles. The van der Waals surface area contributed by atoms with Crippen LogP contribution in [0, 0.1) is 0 Å². The molecular formula is C11H23N3O. The number of rotatable bonds is 4. The lowest BCUT2D eigenvalue weighted by molar-refractivity contribution is -0.131. The molecule has 1 amide bonds. The lowest BCUT2D eigenvalue weighted by Gasteiger charge is -2.28. The third-order valence-electron chi connectivity index (χ3n) is 3.05. The molecule has 0 aliphatic carbocycles. The van der Waals surface area contributed by atoms with Gasteiger partial charge in [0.15, 0.2) is 0 Å². The van der Waals surface area contributed by atoms with Crippen molar-refractivity contribution in [1.29, 1.82) is 0 Å². The van der Waals surface area contributed by atoms with Gasteiger partial charge in [-0.1, -0.05) is 0 Å². The molecule has 0 saturated carbocycles. The van der Waals surface area contributed by atoms with Crippen molar-refractivity contribution in [3.63, 3.8) is 0 Å². The topological polar surface area (TPSA) is 44.4 Å². The van der Waals surface area contributed by atoms with Gasteiger partial charge in [0.1, 0.15) is 0 Å². The van der Waals surface area contributed by atoms with E-state index in [4.69, 9.17) is 0 Å². The van der Waals surface area contributed by atoms with Crippen LogP contribution in [-0.4, -0.2) is 49.6 Å². The number of nitrogens with one attached hydrogen (secondary N) is 2. The highest BCUT2D eigenvalue weighted by molar-refractivity contribution is 5.81. The molecule has 0 aromatic carbocycles. The lowest BCUT2D eigenvalue weighted by atomic mass is 10.1. The minimum absolute atomic E-state index is 0.0574. The molecule has 1 unspecified atom stereocenters. The number of hydrogen-bond donors (Lipinski definition) is 2. The normalized spacial score (nSPS) is 19.9. The maximum absolute atomic E-state index is 11.8. The van der Waals surface area contributed by atoms with Gasteiger partial charge in [-0.2, -0.15) is 0 Å². The summed E-state index contributed by atoms with van der Waals surface area (Å²) in [5.74, 6) is 0.191. The van der Waals surface area contributed by atoms with E-state index in [-0.39, 0.29) is 11.9 Å². The molecule has 1 heterocycles. The number of amides is 1. The molecule has 0 aromatic rings. The summed E-state index contributed by atoms with van der Waals surface area (Å²) >= 11 is 0. The van der Waals surface area contributed by atoms with Gasteiger partial charge >= 0.3 is 0 Å². The molecule has 1 saturated heterocycles. The van der Waals surface area contributed by atoms with Crippen molar-refractivity contribution in [3.05, 3.63) is 0 Å². The number of nitrogens with zero attached hydrogens (tertiary/aromatic N) is 1. The van der Waals surface area contributed by atoms with Gasteiger partial charge < -0.3 is 15.5 Å². The quantitative estimate of drug-likeness (QED) is 0.701. The summed E-state index contributed by atoms with van der Waals surface area (Å²) in [5, 5.41) is 6.72. The Hall–Kier alpha value is -0.610. The minimum Gasteiger partial charge on any atom is -0.345 e. The molecule has 1 fully saturated rings. The summed E-state index contributed by atoms with van der Waals surface area (Å²) in [5.41, 5.74) is 0. The monoisotopic (exact) mass is 213 g/mol. The van der Waals surface area contributed by atoms with E-state index < -0.39 is 0 Å². The molecular weight excluding hydrogens is 190 g/mol. The Kier molecular flexibility index (Phi) is 5.05. The summed E-state index contributed by atoms with van der Waals surface area (Å²) < 4.78 is 0. The summed E-state index contributed by atoms with van der Waals surface area (Å²) in [6, 6.07) is 0.438. The summed E-state index contributed by atoms with van der Waals surface area (Å²) in [6.07, 6.45) is 2.24. The second kappa shape index (κ2) is 6.08. The van der Waals surface area contributed by atoms with Crippen LogP contribution in [0.25, 0.3) is 0 Å². The van der Waals surface area contributed by atoms with E-state index in [0.717, 1.165) is 32.5 Å². The minimum atomic E-state index is -0.0574. The molecule has 1 aliphatic rings. The zero-order valence-electron chi connectivity index (χ0n) is 10.0. The lowest BCUT2D eigenvalue weighted by Crippen LogP contribution is -2.50. The first-order chi connectivity index (χ1) is 7.15. The van der Waals surface area contributed by atoms with Crippen LogP contribution in [0.3, 0.4) is 0 Å². The molecule has 0 aromatic heterocycles. The van der Waals surface area contributed by atoms with Gasteiger partial charge in [-0.3, -0.25) is 4.79 Å². The first-order valence-corrected chi connectivity index (χ1v) is 5.87. The zero-order valence-corrected chi connectivity index (χ0v) is 10.0. The molecule has 88 valence electrons. The fourth-order valence-corrected chi connectivity index (χ4v) is 1.90. The predicted molar refractivity (Wildman–Crippen MR) is 61.8 cm³/mol. The average Bonchev–Trinajstić information content (AvgIpc) is 2.28. The first kappa shape index (κ1) is 12.5. The van der Waals surface area contributed by atoms with E-state index in [1.54, 1.807) is 4.90 Å². The Morgan fingerprint density at radius 2 is 2.13 bits per heavy atom. The van der Waals surface area contributed by atoms with Crippen molar-refractivity contribution in [2.75, 3.05) is 26.7 Å². The fraction of sp³-hybridized carbons (Fsp3) is 0.909. The molecule has 0 bridgehead atoms. The number of carbonyl (C=O) groups excluding carboxylic acids is 1. The van der Waals surface area contributed by atoms with Crippen molar-refractivity contribution in [2.45, 2.75) is 38.8 Å². The van der Waals surface area contributed by atoms with Crippen LogP contribution in [-0.2, 0) is 4.79 Å². The fourth-order valence-electron chi connectivity index (χ4n) is 1.90. The van der Waals surface area contributed by atoms with E-state index in [2.05, 4.69) is 10.6 Å². The predicted octanol–water partition coefficient (Wildman–Crippen LogP) is 0.195. The average molecular weight is 213 g/mol. The molecule has 1 atom stereocenters. The van der Waals surface area contributed by atoms with E-state index in [9.17, 15) is 4.79 Å². The van der Waals surface area contributed by atoms with Crippen LogP contribution in [0.1, 0.15) is 26.7 Å². The summed E-state index contributed by atoms with van der Waals surface area (Å²) in [4.78, 5) is 13.6. The molecule has 15 heavy (non-hydrogen) atoms. The molecule has 1 rings (SSSR count). The van der Waals surface area contributed by atoms with Gasteiger partial charge in [0.05, 0.1) is 6.04 Å². The van der Waals surface area contributed by atoms with Crippen molar-refractivity contribution in [3.8, 4) is 0 Å². The third kappa shape index (κ3) is 3.80. The summed E-state index contributed by atoms with van der Waals surface area (Å²) in [7, 11) is 1.85. The van der Waals surface area contributed by atoms with Crippen LogP contribution in [0.5, 0.6) is 0 Å². The SMILES string of the molecule is CCN(C)C(=O)C(C)NC1CCNCC1. The molecule has 0 spiro atoms. The van der Waals surface area contributed by atoms with Gasteiger partial charge in [-0.05, 0) is 39.8 Å². The highest BCUT2D eigenvalue weighted by Gasteiger charge is 2.21. The number of likely N-dealkylation sites (N-methyl/N-ethyl adjacent to an activating group) is 1. The van der Waals surface area contributed by atoms with E-state index in [1.165, 1.54) is 0 Å². The van der Waals surface area contributed by atoms with Crippen molar-refractivity contribution < 1.29 is 4.79 Å². The molecule has 2 N–H and O–H groups in total. The Labute approximate surface area is 92.4 Å². The van der Waals surface area contributed by atoms with Crippen molar-refractivity contribution in [2.24, 2.45) is 0 Å². The second-order valence-electron chi connectivity index (χ2n) is 4.27. The summed E-state index contributed by atoms with van der Waals surface area (Å²) in [6.45, 7) is 6.84. The van der Waals surface area contributed by atoms with Crippen molar-refractivity contribution >= 4 is 5.91 Å². The smallest absolute Gasteiger partial charge is 0.239 e. The van der Waals surface area contributed by atoms with Crippen LogP contribution in [0.15, 0.2) is 0 Å². The Morgan fingerprint density at radius 3 is 2.67 bits per heavy atom. The highest BCUT2D eigenvalue weighted by atomic mass is 16.2. The molecule has 4 heteroatoms. The molecule has 4 nitrogen and oxygen atoms in total. The van der Waals surface area contributed by atoms with E-state index >= 15 is 0 Å².